The highest BCUT2D eigenvalue weighted by Crippen LogP contribution is 2.38. The Bertz CT molecular complexity index is 1120. The number of fused-ring (bicyclic) bond motifs is 1. The fourth-order valence-electron chi connectivity index (χ4n) is 5.02. The summed E-state index contributed by atoms with van der Waals surface area (Å²) in [6.45, 7) is 0.885. The van der Waals surface area contributed by atoms with Gasteiger partial charge in [0.1, 0.15) is 12.1 Å². The summed E-state index contributed by atoms with van der Waals surface area (Å²) in [6, 6.07) is 3.56. The minimum Gasteiger partial charge on any atom is -0.471 e. The molecule has 11 heteroatoms. The van der Waals surface area contributed by atoms with Crippen molar-refractivity contribution in [1.82, 2.24) is 25.1 Å². The molecule has 3 aliphatic rings. The molecule has 192 valence electrons. The van der Waals surface area contributed by atoms with Crippen molar-refractivity contribution in [2.45, 2.75) is 56.0 Å². The van der Waals surface area contributed by atoms with E-state index in [9.17, 15) is 22.8 Å². The monoisotopic (exact) mass is 503 g/mol. The SMILES string of the molecule is CNC(C(=O)N1CCC(=O)N2CC(Oc3cnc(C4CC4)cn3)CC2C1)c1cccc(C(F)(F)F)c1. The Morgan fingerprint density at radius 2 is 2.00 bits per heavy atom. The molecule has 1 aliphatic carbocycles. The first-order chi connectivity index (χ1) is 17.2. The Morgan fingerprint density at radius 3 is 2.67 bits per heavy atom. The van der Waals surface area contributed by atoms with E-state index >= 15 is 0 Å². The molecule has 1 aromatic heterocycles. The van der Waals surface area contributed by atoms with Crippen molar-refractivity contribution in [2.75, 3.05) is 26.7 Å². The smallest absolute Gasteiger partial charge is 0.416 e. The molecule has 1 aromatic carbocycles. The number of ether oxygens (including phenoxy) is 1. The maximum absolute atomic E-state index is 13.4. The fourth-order valence-corrected chi connectivity index (χ4v) is 5.02. The van der Waals surface area contributed by atoms with Crippen molar-refractivity contribution in [1.29, 1.82) is 0 Å². The Hall–Kier alpha value is -3.21. The van der Waals surface area contributed by atoms with Crippen LogP contribution in [0.2, 0.25) is 0 Å². The van der Waals surface area contributed by atoms with Crippen molar-refractivity contribution in [3.63, 3.8) is 0 Å². The number of likely N-dealkylation sites (N-methyl/N-ethyl adjacent to an activating group) is 1. The largest absolute Gasteiger partial charge is 0.471 e. The lowest BCUT2D eigenvalue weighted by Gasteiger charge is -2.29. The van der Waals surface area contributed by atoms with E-state index in [1.807, 2.05) is 0 Å². The standard InChI is InChI=1S/C25H28F3N5O3/c1-29-23(16-3-2-4-17(9-16)25(26,27)28)24(35)32-8-7-22(34)33-14-19(10-18(33)13-32)36-21-12-30-20(11-31-21)15-5-6-15/h2-4,9,11-12,15,18-19,23,29H,5-8,10,13-14H2,1H3. The van der Waals surface area contributed by atoms with Crippen LogP contribution in [0.25, 0.3) is 0 Å². The molecule has 3 unspecified atom stereocenters. The number of amides is 2. The van der Waals surface area contributed by atoms with Crippen LogP contribution in [0.15, 0.2) is 36.7 Å². The molecule has 3 heterocycles. The molecule has 0 spiro atoms. The van der Waals surface area contributed by atoms with Gasteiger partial charge in [0.2, 0.25) is 17.7 Å². The summed E-state index contributed by atoms with van der Waals surface area (Å²) in [4.78, 5) is 38.3. The predicted octanol–water partition coefficient (Wildman–Crippen LogP) is 2.91. The second kappa shape index (κ2) is 9.68. The third kappa shape index (κ3) is 5.16. The van der Waals surface area contributed by atoms with E-state index in [4.69, 9.17) is 4.74 Å². The van der Waals surface area contributed by atoms with Crippen LogP contribution >= 0.6 is 0 Å². The summed E-state index contributed by atoms with van der Waals surface area (Å²) in [5.41, 5.74) is 0.381. The minimum atomic E-state index is -4.51. The van der Waals surface area contributed by atoms with E-state index < -0.39 is 17.8 Å². The van der Waals surface area contributed by atoms with E-state index in [0.29, 0.717) is 24.8 Å². The average Bonchev–Trinajstić information content (AvgIpc) is 3.65. The zero-order chi connectivity index (χ0) is 25.4. The Morgan fingerprint density at radius 1 is 1.19 bits per heavy atom. The summed E-state index contributed by atoms with van der Waals surface area (Å²) < 4.78 is 45.6. The first-order valence-electron chi connectivity index (χ1n) is 12.1. The number of benzene rings is 1. The van der Waals surface area contributed by atoms with Crippen LogP contribution in [0.1, 0.15) is 54.5 Å². The molecule has 2 aliphatic heterocycles. The Labute approximate surface area is 206 Å². The molecule has 36 heavy (non-hydrogen) atoms. The summed E-state index contributed by atoms with van der Waals surface area (Å²) >= 11 is 0. The number of halogens is 3. The van der Waals surface area contributed by atoms with Crippen LogP contribution in [0.4, 0.5) is 13.2 Å². The highest BCUT2D eigenvalue weighted by Gasteiger charge is 2.41. The Kier molecular flexibility index (Phi) is 6.59. The average molecular weight is 504 g/mol. The lowest BCUT2D eigenvalue weighted by atomic mass is 10.0. The molecule has 2 saturated heterocycles. The van der Waals surface area contributed by atoms with E-state index in [0.717, 1.165) is 30.7 Å². The number of nitrogens with one attached hydrogen (secondary N) is 1. The summed E-state index contributed by atoms with van der Waals surface area (Å²) in [6.07, 6.45) is 1.49. The summed E-state index contributed by atoms with van der Waals surface area (Å²) in [5, 5.41) is 2.85. The van der Waals surface area contributed by atoms with Crippen LogP contribution < -0.4 is 10.1 Å². The van der Waals surface area contributed by atoms with Crippen LogP contribution in [0, 0.1) is 0 Å². The van der Waals surface area contributed by atoms with Gasteiger partial charge in [-0.2, -0.15) is 13.2 Å². The number of carbonyl (C=O) groups excluding carboxylic acids is 2. The normalized spacial score (nSPS) is 23.3. The number of alkyl halides is 3. The maximum atomic E-state index is 13.4. The second-order valence-electron chi connectivity index (χ2n) is 9.61. The van der Waals surface area contributed by atoms with Gasteiger partial charge < -0.3 is 19.9 Å². The third-order valence-electron chi connectivity index (χ3n) is 7.05. The summed E-state index contributed by atoms with van der Waals surface area (Å²) in [5.74, 6) is 0.463. The highest BCUT2D eigenvalue weighted by molar-refractivity contribution is 5.85. The van der Waals surface area contributed by atoms with Gasteiger partial charge in [-0.25, -0.2) is 4.98 Å². The molecular weight excluding hydrogens is 475 g/mol. The molecule has 1 N–H and O–H groups in total. The summed E-state index contributed by atoms with van der Waals surface area (Å²) in [7, 11) is 1.53. The zero-order valence-electron chi connectivity index (χ0n) is 19.9. The van der Waals surface area contributed by atoms with Gasteiger partial charge in [0.25, 0.3) is 0 Å². The van der Waals surface area contributed by atoms with Gasteiger partial charge >= 0.3 is 6.18 Å². The highest BCUT2D eigenvalue weighted by atomic mass is 19.4. The van der Waals surface area contributed by atoms with Crippen LogP contribution in [0.5, 0.6) is 5.88 Å². The first kappa shape index (κ1) is 24.5. The quantitative estimate of drug-likeness (QED) is 0.653. The van der Waals surface area contributed by atoms with Crippen molar-refractivity contribution in [3.8, 4) is 5.88 Å². The first-order valence-corrected chi connectivity index (χ1v) is 12.1. The van der Waals surface area contributed by atoms with E-state index in [-0.39, 0.29) is 49.0 Å². The number of aromatic nitrogens is 2. The van der Waals surface area contributed by atoms with Gasteiger partial charge in [0.15, 0.2) is 0 Å². The van der Waals surface area contributed by atoms with Crippen LogP contribution in [-0.2, 0) is 15.8 Å². The molecule has 2 aromatic rings. The molecule has 0 radical (unpaired) electrons. The molecule has 8 nitrogen and oxygen atoms in total. The number of hydrogen-bond acceptors (Lipinski definition) is 6. The van der Waals surface area contributed by atoms with Crippen molar-refractivity contribution >= 4 is 11.8 Å². The number of carbonyl (C=O) groups is 2. The van der Waals surface area contributed by atoms with Crippen molar-refractivity contribution in [2.24, 2.45) is 0 Å². The van der Waals surface area contributed by atoms with Gasteiger partial charge in [-0.1, -0.05) is 12.1 Å². The van der Waals surface area contributed by atoms with E-state index in [1.54, 1.807) is 22.2 Å². The third-order valence-corrected chi connectivity index (χ3v) is 7.05. The van der Waals surface area contributed by atoms with E-state index in [2.05, 4.69) is 15.3 Å². The van der Waals surface area contributed by atoms with Gasteiger partial charge in [-0.15, -0.1) is 0 Å². The van der Waals surface area contributed by atoms with Crippen LogP contribution in [0.3, 0.4) is 0 Å². The number of hydrogen-bond donors (Lipinski definition) is 1. The lowest BCUT2D eigenvalue weighted by Crippen LogP contribution is -2.44. The van der Waals surface area contributed by atoms with Gasteiger partial charge in [0.05, 0.1) is 36.2 Å². The topological polar surface area (TPSA) is 87.7 Å². The predicted molar refractivity (Wildman–Crippen MR) is 123 cm³/mol. The molecule has 2 amide bonds. The molecular formula is C25H28F3N5O3. The van der Waals surface area contributed by atoms with Gasteiger partial charge in [0, 0.05) is 31.8 Å². The molecule has 0 bridgehead atoms. The second-order valence-corrected chi connectivity index (χ2v) is 9.61. The van der Waals surface area contributed by atoms with Crippen molar-refractivity contribution in [3.05, 3.63) is 53.5 Å². The Balaban J connectivity index is 1.27. The fraction of sp³-hybridized carbons (Fsp3) is 0.520. The molecule has 5 rings (SSSR count). The molecule has 3 atom stereocenters. The van der Waals surface area contributed by atoms with Gasteiger partial charge in [-0.3, -0.25) is 14.6 Å². The number of nitrogens with zero attached hydrogens (tertiary/aromatic N) is 4. The zero-order valence-corrected chi connectivity index (χ0v) is 19.9. The number of rotatable bonds is 6. The van der Waals surface area contributed by atoms with E-state index in [1.165, 1.54) is 19.2 Å². The lowest BCUT2D eigenvalue weighted by molar-refractivity contribution is -0.138. The van der Waals surface area contributed by atoms with Crippen LogP contribution in [-0.4, -0.2) is 70.4 Å². The minimum absolute atomic E-state index is 0.0726. The van der Waals surface area contributed by atoms with Gasteiger partial charge in [-0.05, 0) is 37.6 Å². The maximum Gasteiger partial charge on any atom is 0.416 e. The molecule has 1 saturated carbocycles. The van der Waals surface area contributed by atoms with Crippen molar-refractivity contribution < 1.29 is 27.5 Å². The molecule has 3 fully saturated rings.